The molecule has 1 N–H and O–H groups in total. The van der Waals surface area contributed by atoms with Crippen LogP contribution in [0.25, 0.3) is 0 Å². The highest BCUT2D eigenvalue weighted by Gasteiger charge is 2.22. The van der Waals surface area contributed by atoms with Crippen LogP contribution in [0, 0.1) is 11.3 Å². The van der Waals surface area contributed by atoms with Crippen LogP contribution in [-0.4, -0.2) is 43.7 Å². The van der Waals surface area contributed by atoms with Crippen molar-refractivity contribution in [2.24, 2.45) is 5.92 Å². The molecule has 1 rings (SSSR count). The van der Waals surface area contributed by atoms with Crippen molar-refractivity contribution in [1.29, 1.82) is 5.41 Å². The highest BCUT2D eigenvalue weighted by atomic mass is 19.1. The van der Waals surface area contributed by atoms with Gasteiger partial charge in [0.2, 0.25) is 0 Å². The Hall–Kier alpha value is -0.640. The Kier molecular flexibility index (Phi) is 4.87. The number of halogens is 1. The molecule has 0 radical (unpaired) electrons. The van der Waals surface area contributed by atoms with E-state index in [2.05, 4.69) is 4.90 Å². The van der Waals surface area contributed by atoms with Gasteiger partial charge < -0.3 is 9.64 Å². The maximum absolute atomic E-state index is 12.0. The number of piperidine rings is 1. The lowest BCUT2D eigenvalue weighted by molar-refractivity contribution is 0.178. The normalized spacial score (nSPS) is 19.6. The molecule has 0 amide bonds. The van der Waals surface area contributed by atoms with Crippen molar-refractivity contribution in [2.75, 3.05) is 32.9 Å². The fourth-order valence-electron chi connectivity index (χ4n) is 1.81. The van der Waals surface area contributed by atoms with E-state index in [0.29, 0.717) is 19.0 Å². The Morgan fingerprint density at radius 3 is 2.64 bits per heavy atom. The Bertz CT molecular complexity index is 179. The van der Waals surface area contributed by atoms with E-state index < -0.39 is 0 Å². The largest absolute Gasteiger partial charge is 0.481 e. The van der Waals surface area contributed by atoms with E-state index in [1.165, 1.54) is 0 Å². The lowest BCUT2D eigenvalue weighted by Crippen LogP contribution is -2.37. The van der Waals surface area contributed by atoms with Crippen molar-refractivity contribution in [2.45, 2.75) is 19.8 Å². The molecule has 4 heteroatoms. The van der Waals surface area contributed by atoms with Crippen LogP contribution in [0.15, 0.2) is 0 Å². The minimum Gasteiger partial charge on any atom is -0.481 e. The van der Waals surface area contributed by atoms with Crippen molar-refractivity contribution < 1.29 is 9.13 Å². The Morgan fingerprint density at radius 2 is 2.14 bits per heavy atom. The number of hydrogen-bond donors (Lipinski definition) is 1. The van der Waals surface area contributed by atoms with Crippen LogP contribution in [0.4, 0.5) is 4.39 Å². The second kappa shape index (κ2) is 5.96. The summed E-state index contributed by atoms with van der Waals surface area (Å²) in [6, 6.07) is 0. The van der Waals surface area contributed by atoms with Crippen molar-refractivity contribution in [3.8, 4) is 0 Å². The van der Waals surface area contributed by atoms with Gasteiger partial charge in [0.05, 0.1) is 6.61 Å². The maximum atomic E-state index is 12.0. The number of likely N-dealkylation sites (tertiary alicyclic amines) is 1. The zero-order valence-electron chi connectivity index (χ0n) is 8.76. The second-order valence-corrected chi connectivity index (χ2v) is 3.60. The van der Waals surface area contributed by atoms with Crippen molar-refractivity contribution in [3.05, 3.63) is 0 Å². The summed E-state index contributed by atoms with van der Waals surface area (Å²) in [6.07, 6.45) is 1.86. The average molecular weight is 202 g/mol. The molecule has 14 heavy (non-hydrogen) atoms. The predicted molar refractivity (Wildman–Crippen MR) is 54.5 cm³/mol. The van der Waals surface area contributed by atoms with Crippen LogP contribution in [0.1, 0.15) is 19.8 Å². The van der Waals surface area contributed by atoms with Gasteiger partial charge in [0.25, 0.3) is 0 Å². The van der Waals surface area contributed by atoms with Crippen LogP contribution < -0.4 is 0 Å². The second-order valence-electron chi connectivity index (χ2n) is 3.60. The van der Waals surface area contributed by atoms with Gasteiger partial charge in [-0.15, -0.1) is 0 Å². The molecule has 0 unspecified atom stereocenters. The molecule has 0 aromatic carbocycles. The summed E-state index contributed by atoms with van der Waals surface area (Å²) in [5.41, 5.74) is 0. The molecule has 1 saturated heterocycles. The average Bonchev–Trinajstić information content (AvgIpc) is 2.20. The summed E-state index contributed by atoms with van der Waals surface area (Å²) < 4.78 is 17.2. The number of rotatable bonds is 4. The van der Waals surface area contributed by atoms with E-state index in [0.717, 1.165) is 25.9 Å². The molecule has 1 aliphatic rings. The first-order chi connectivity index (χ1) is 6.77. The van der Waals surface area contributed by atoms with E-state index in [1.54, 1.807) is 0 Å². The van der Waals surface area contributed by atoms with Crippen molar-refractivity contribution in [3.63, 3.8) is 0 Å². The topological polar surface area (TPSA) is 36.3 Å². The highest BCUT2D eigenvalue weighted by Crippen LogP contribution is 2.18. The summed E-state index contributed by atoms with van der Waals surface area (Å²) in [7, 11) is 0. The summed E-state index contributed by atoms with van der Waals surface area (Å²) in [6.45, 7) is 4.52. The third-order valence-electron chi connectivity index (χ3n) is 2.66. The van der Waals surface area contributed by atoms with Crippen LogP contribution in [-0.2, 0) is 4.74 Å². The van der Waals surface area contributed by atoms with Gasteiger partial charge in [-0.2, -0.15) is 0 Å². The quantitative estimate of drug-likeness (QED) is 0.556. The molecule has 0 aliphatic carbocycles. The molecule has 0 spiro atoms. The summed E-state index contributed by atoms with van der Waals surface area (Å²) >= 11 is 0. The monoisotopic (exact) mass is 202 g/mol. The van der Waals surface area contributed by atoms with Gasteiger partial charge >= 0.3 is 0 Å². The minimum atomic E-state index is -0.270. The van der Waals surface area contributed by atoms with E-state index in [1.807, 2.05) is 6.92 Å². The molecule has 1 fully saturated rings. The smallest absolute Gasteiger partial charge is 0.183 e. The fraction of sp³-hybridized carbons (Fsp3) is 0.900. The van der Waals surface area contributed by atoms with E-state index in [-0.39, 0.29) is 12.6 Å². The molecule has 0 bridgehead atoms. The van der Waals surface area contributed by atoms with E-state index in [9.17, 15) is 4.39 Å². The first-order valence-electron chi connectivity index (χ1n) is 5.27. The van der Waals surface area contributed by atoms with Crippen molar-refractivity contribution >= 4 is 5.90 Å². The molecular weight excluding hydrogens is 183 g/mol. The molecule has 0 atom stereocenters. The standard InChI is InChI=1S/C10H19FN2O/c1-2-14-10(12)9-3-6-13(7-4-9)8-5-11/h9,12H,2-8H2,1H3. The van der Waals surface area contributed by atoms with Gasteiger partial charge in [-0.05, 0) is 32.9 Å². The number of nitrogens with zero attached hydrogens (tertiary/aromatic N) is 1. The fourth-order valence-corrected chi connectivity index (χ4v) is 1.81. The lowest BCUT2D eigenvalue weighted by Gasteiger charge is -2.30. The van der Waals surface area contributed by atoms with Gasteiger partial charge in [-0.3, -0.25) is 5.41 Å². The van der Waals surface area contributed by atoms with Gasteiger partial charge in [0.1, 0.15) is 6.67 Å². The number of hydrogen-bond acceptors (Lipinski definition) is 3. The van der Waals surface area contributed by atoms with Gasteiger partial charge in [0.15, 0.2) is 5.90 Å². The molecule has 3 nitrogen and oxygen atoms in total. The van der Waals surface area contributed by atoms with Crippen LogP contribution in [0.2, 0.25) is 0 Å². The molecule has 0 aromatic rings. The molecule has 0 saturated carbocycles. The van der Waals surface area contributed by atoms with Crippen molar-refractivity contribution in [1.82, 2.24) is 4.90 Å². The minimum absolute atomic E-state index is 0.255. The molecule has 1 heterocycles. The summed E-state index contributed by atoms with van der Waals surface area (Å²) in [5.74, 6) is 0.665. The highest BCUT2D eigenvalue weighted by molar-refractivity contribution is 5.75. The van der Waals surface area contributed by atoms with E-state index >= 15 is 0 Å². The Morgan fingerprint density at radius 1 is 1.50 bits per heavy atom. The zero-order valence-corrected chi connectivity index (χ0v) is 8.76. The van der Waals surface area contributed by atoms with Gasteiger partial charge in [0, 0.05) is 12.5 Å². The molecular formula is C10H19FN2O. The lowest BCUT2D eigenvalue weighted by atomic mass is 9.97. The first-order valence-corrected chi connectivity index (χ1v) is 5.27. The first kappa shape index (κ1) is 11.4. The van der Waals surface area contributed by atoms with Crippen LogP contribution >= 0.6 is 0 Å². The van der Waals surface area contributed by atoms with Crippen LogP contribution in [0.3, 0.4) is 0 Å². The zero-order chi connectivity index (χ0) is 10.4. The van der Waals surface area contributed by atoms with E-state index in [4.69, 9.17) is 10.1 Å². The molecule has 0 aromatic heterocycles. The third kappa shape index (κ3) is 3.25. The molecule has 1 aliphatic heterocycles. The number of alkyl halides is 1. The Labute approximate surface area is 84.7 Å². The summed E-state index contributed by atoms with van der Waals surface area (Å²) in [4.78, 5) is 2.11. The van der Waals surface area contributed by atoms with Crippen LogP contribution in [0.5, 0.6) is 0 Å². The third-order valence-corrected chi connectivity index (χ3v) is 2.66. The number of ether oxygens (including phenoxy) is 1. The van der Waals surface area contributed by atoms with Gasteiger partial charge in [-0.25, -0.2) is 4.39 Å². The van der Waals surface area contributed by atoms with Gasteiger partial charge in [-0.1, -0.05) is 0 Å². The molecule has 82 valence electrons. The summed E-state index contributed by atoms with van der Waals surface area (Å²) in [5, 5.41) is 7.64. The maximum Gasteiger partial charge on any atom is 0.183 e. The SMILES string of the molecule is CCOC(=N)C1CCN(CCF)CC1. The Balaban J connectivity index is 2.24. The predicted octanol–water partition coefficient (Wildman–Crippen LogP) is 1.68. The number of nitrogens with one attached hydrogen (secondary N) is 1.